The monoisotopic (exact) mass is 354 g/mol. The summed E-state index contributed by atoms with van der Waals surface area (Å²) < 4.78 is 44.8. The summed E-state index contributed by atoms with van der Waals surface area (Å²) in [5.74, 6) is 0. The van der Waals surface area contributed by atoms with E-state index in [4.69, 9.17) is 4.74 Å². The third-order valence-electron chi connectivity index (χ3n) is 3.38. The second-order valence-electron chi connectivity index (χ2n) is 5.28. The van der Waals surface area contributed by atoms with Gasteiger partial charge in [-0.15, -0.1) is 0 Å². The molecule has 2 N–H and O–H groups in total. The van der Waals surface area contributed by atoms with Crippen LogP contribution in [0.3, 0.4) is 0 Å². The number of hydrogen-bond acceptors (Lipinski definition) is 3. The van der Waals surface area contributed by atoms with Crippen molar-refractivity contribution < 1.29 is 22.7 Å². The van der Waals surface area contributed by atoms with Gasteiger partial charge in [0, 0.05) is 5.69 Å². The zero-order valence-electron chi connectivity index (χ0n) is 13.4. The average Bonchev–Trinajstić information content (AvgIpc) is 2.56. The number of rotatable bonds is 5. The Bertz CT molecular complexity index is 786. The van der Waals surface area contributed by atoms with E-state index in [-0.39, 0.29) is 12.3 Å². The van der Waals surface area contributed by atoms with Crippen LogP contribution in [0.5, 0.6) is 0 Å². The number of unbranched alkanes of at least 4 members (excludes halogenated alkanes) is 1. The smallest absolute Gasteiger partial charge is 0.418 e. The van der Waals surface area contributed by atoms with E-state index in [9.17, 15) is 22.8 Å². The molecule has 0 atom stereocenters. The predicted octanol–water partition coefficient (Wildman–Crippen LogP) is 4.41. The Hall–Kier alpha value is -2.77. The number of aromatic nitrogens is 1. The molecule has 0 bridgehead atoms. The molecule has 1 heterocycles. The highest BCUT2D eigenvalue weighted by molar-refractivity contribution is 5.86. The highest BCUT2D eigenvalue weighted by Gasteiger charge is 2.36. The lowest BCUT2D eigenvalue weighted by molar-refractivity contribution is -0.137. The van der Waals surface area contributed by atoms with Crippen molar-refractivity contribution in [3.05, 3.63) is 52.3 Å². The molecule has 1 amide bonds. The van der Waals surface area contributed by atoms with Crippen molar-refractivity contribution in [3.8, 4) is 11.3 Å². The Balaban J connectivity index is 2.39. The van der Waals surface area contributed by atoms with Gasteiger partial charge in [-0.25, -0.2) is 4.79 Å². The topological polar surface area (TPSA) is 71.2 Å². The molecule has 0 aliphatic heterocycles. The maximum Gasteiger partial charge on any atom is 0.418 e. The molecule has 134 valence electrons. The van der Waals surface area contributed by atoms with Crippen LogP contribution in [-0.4, -0.2) is 17.7 Å². The van der Waals surface area contributed by atoms with Crippen LogP contribution < -0.4 is 10.9 Å². The highest BCUT2D eigenvalue weighted by atomic mass is 19.4. The van der Waals surface area contributed by atoms with Crippen LogP contribution in [0.25, 0.3) is 11.3 Å². The fraction of sp³-hybridized carbons (Fsp3) is 0.294. The van der Waals surface area contributed by atoms with Gasteiger partial charge in [-0.1, -0.05) is 43.7 Å². The van der Waals surface area contributed by atoms with Gasteiger partial charge < -0.3 is 9.72 Å². The Kier molecular flexibility index (Phi) is 5.84. The molecule has 0 unspecified atom stereocenters. The van der Waals surface area contributed by atoms with E-state index in [1.807, 2.05) is 12.2 Å². The van der Waals surface area contributed by atoms with Crippen LogP contribution in [-0.2, 0) is 10.9 Å². The number of carbonyl (C=O) groups excluding carboxylic acids is 1. The van der Waals surface area contributed by atoms with E-state index in [2.05, 4.69) is 4.98 Å². The average molecular weight is 354 g/mol. The number of benzene rings is 1. The van der Waals surface area contributed by atoms with Crippen LogP contribution in [0.1, 0.15) is 25.3 Å². The first-order valence-electron chi connectivity index (χ1n) is 7.66. The zero-order valence-corrected chi connectivity index (χ0v) is 13.4. The second kappa shape index (κ2) is 7.87. The normalized spacial score (nSPS) is 11.2. The molecule has 2 aromatic rings. The number of H-pyrrole nitrogens is 1. The number of pyridine rings is 1. The minimum absolute atomic E-state index is 0.00262. The summed E-state index contributed by atoms with van der Waals surface area (Å²) in [6, 6.07) is 8.90. The maximum absolute atomic E-state index is 13.3. The first-order valence-corrected chi connectivity index (χ1v) is 7.66. The number of ether oxygens (including phenoxy) is 1. The van der Waals surface area contributed by atoms with Gasteiger partial charge >= 0.3 is 12.3 Å². The molecule has 0 fully saturated rings. The number of hydrogen-bond donors (Lipinski definition) is 2. The van der Waals surface area contributed by atoms with Crippen molar-refractivity contribution in [3.63, 3.8) is 0 Å². The fourth-order valence-corrected chi connectivity index (χ4v) is 2.13. The van der Waals surface area contributed by atoms with E-state index < -0.39 is 29.1 Å². The summed E-state index contributed by atoms with van der Waals surface area (Å²) in [6.07, 6.45) is -4.59. The third-order valence-corrected chi connectivity index (χ3v) is 3.38. The molecule has 25 heavy (non-hydrogen) atoms. The van der Waals surface area contributed by atoms with Crippen molar-refractivity contribution in [2.24, 2.45) is 0 Å². The Labute approximate surface area is 141 Å². The number of halogens is 3. The van der Waals surface area contributed by atoms with E-state index >= 15 is 0 Å². The lowest BCUT2D eigenvalue weighted by Crippen LogP contribution is -2.25. The Morgan fingerprint density at radius 1 is 1.24 bits per heavy atom. The summed E-state index contributed by atoms with van der Waals surface area (Å²) in [5, 5.41) is 1.90. The highest BCUT2D eigenvalue weighted by Crippen LogP contribution is 2.35. The molecular formula is C17H17F3N2O3. The van der Waals surface area contributed by atoms with Gasteiger partial charge in [-0.05, 0) is 18.1 Å². The van der Waals surface area contributed by atoms with Crippen molar-refractivity contribution in [2.45, 2.75) is 25.9 Å². The summed E-state index contributed by atoms with van der Waals surface area (Å²) in [4.78, 5) is 26.1. The SMILES string of the molecule is CCCCOC(=O)Nc1c(C(F)(F)F)cc(-c2ccccc2)[nH]c1=O. The first-order chi connectivity index (χ1) is 11.8. The van der Waals surface area contributed by atoms with Gasteiger partial charge in [0.25, 0.3) is 5.56 Å². The summed E-state index contributed by atoms with van der Waals surface area (Å²) in [5.41, 5.74) is -2.75. The van der Waals surface area contributed by atoms with Crippen molar-refractivity contribution in [1.82, 2.24) is 4.98 Å². The third kappa shape index (κ3) is 4.85. The standard InChI is InChI=1S/C17H17F3N2O3/c1-2-3-9-25-16(24)22-14-12(17(18,19)20)10-13(21-15(14)23)11-7-5-4-6-8-11/h4-8,10H,2-3,9H2,1H3,(H,21,23)(H,22,24). The number of alkyl halides is 3. The van der Waals surface area contributed by atoms with Crippen LogP contribution in [0, 0.1) is 0 Å². The number of carbonyl (C=O) groups is 1. The molecule has 2 rings (SSSR count). The quantitative estimate of drug-likeness (QED) is 0.782. The Morgan fingerprint density at radius 2 is 1.92 bits per heavy atom. The van der Waals surface area contributed by atoms with Crippen LogP contribution in [0.4, 0.5) is 23.7 Å². The van der Waals surface area contributed by atoms with Gasteiger partial charge in [0.05, 0.1) is 12.2 Å². The van der Waals surface area contributed by atoms with Gasteiger partial charge in [0.2, 0.25) is 0 Å². The number of nitrogens with one attached hydrogen (secondary N) is 2. The minimum Gasteiger partial charge on any atom is -0.449 e. The minimum atomic E-state index is -4.82. The lowest BCUT2D eigenvalue weighted by Gasteiger charge is -2.15. The first kappa shape index (κ1) is 18.6. The second-order valence-corrected chi connectivity index (χ2v) is 5.28. The van der Waals surface area contributed by atoms with Gasteiger partial charge in [0.1, 0.15) is 5.69 Å². The maximum atomic E-state index is 13.3. The van der Waals surface area contributed by atoms with E-state index in [1.165, 1.54) is 0 Å². The molecule has 8 heteroatoms. The molecule has 0 saturated carbocycles. The predicted molar refractivity (Wildman–Crippen MR) is 87.4 cm³/mol. The van der Waals surface area contributed by atoms with Crippen LogP contribution >= 0.6 is 0 Å². The van der Waals surface area contributed by atoms with Crippen LogP contribution in [0.2, 0.25) is 0 Å². The van der Waals surface area contributed by atoms with Crippen molar-refractivity contribution >= 4 is 11.8 Å². The van der Waals surface area contributed by atoms with Gasteiger partial charge in [-0.3, -0.25) is 10.1 Å². The van der Waals surface area contributed by atoms with E-state index in [0.29, 0.717) is 12.0 Å². The summed E-state index contributed by atoms with van der Waals surface area (Å²) in [6.45, 7) is 1.93. The largest absolute Gasteiger partial charge is 0.449 e. The van der Waals surface area contributed by atoms with Gasteiger partial charge in [-0.2, -0.15) is 13.2 Å². The number of aromatic amines is 1. The molecule has 5 nitrogen and oxygen atoms in total. The molecule has 0 spiro atoms. The zero-order chi connectivity index (χ0) is 18.4. The molecular weight excluding hydrogens is 337 g/mol. The molecule has 1 aromatic carbocycles. The fourth-order valence-electron chi connectivity index (χ4n) is 2.13. The molecule has 0 aliphatic carbocycles. The van der Waals surface area contributed by atoms with Crippen LogP contribution in [0.15, 0.2) is 41.2 Å². The Morgan fingerprint density at radius 3 is 2.52 bits per heavy atom. The van der Waals surface area contributed by atoms with E-state index in [1.54, 1.807) is 30.3 Å². The number of anilines is 1. The van der Waals surface area contributed by atoms with Crippen molar-refractivity contribution in [2.75, 3.05) is 11.9 Å². The van der Waals surface area contributed by atoms with Crippen molar-refractivity contribution in [1.29, 1.82) is 0 Å². The lowest BCUT2D eigenvalue weighted by atomic mass is 10.1. The molecule has 0 saturated heterocycles. The van der Waals surface area contributed by atoms with Gasteiger partial charge in [0.15, 0.2) is 0 Å². The number of amides is 1. The van der Waals surface area contributed by atoms with E-state index in [0.717, 1.165) is 12.5 Å². The molecule has 1 aromatic heterocycles. The summed E-state index contributed by atoms with van der Waals surface area (Å²) in [7, 11) is 0. The summed E-state index contributed by atoms with van der Waals surface area (Å²) >= 11 is 0. The molecule has 0 aliphatic rings. The molecule has 0 radical (unpaired) electrons.